The highest BCUT2D eigenvalue weighted by molar-refractivity contribution is 7.91. The molecule has 96 valence electrons. The van der Waals surface area contributed by atoms with Crippen LogP contribution in [0.3, 0.4) is 0 Å². The summed E-state index contributed by atoms with van der Waals surface area (Å²) in [7, 11) is -3.53. The minimum absolute atomic E-state index is 0.0546. The predicted octanol–water partition coefficient (Wildman–Crippen LogP) is 0.835. The highest BCUT2D eigenvalue weighted by Crippen LogP contribution is 2.30. The fraction of sp³-hybridized carbons (Fsp3) is 0.778. The van der Waals surface area contributed by atoms with Gasteiger partial charge in [-0.15, -0.1) is 10.2 Å². The molecule has 1 saturated carbocycles. The van der Waals surface area contributed by atoms with Gasteiger partial charge in [0.05, 0.1) is 0 Å². The molecule has 2 rings (SSSR count). The minimum atomic E-state index is -3.53. The quantitative estimate of drug-likeness (QED) is 0.849. The molecule has 2 unspecified atom stereocenters. The second-order valence-electron chi connectivity index (χ2n) is 4.54. The van der Waals surface area contributed by atoms with Gasteiger partial charge < -0.3 is 5.73 Å². The lowest BCUT2D eigenvalue weighted by Gasteiger charge is -2.09. The number of sulfonamides is 1. The van der Waals surface area contributed by atoms with Gasteiger partial charge in [-0.2, -0.15) is 0 Å². The maximum atomic E-state index is 11.8. The van der Waals surface area contributed by atoms with Crippen LogP contribution in [-0.2, 0) is 10.0 Å². The third kappa shape index (κ3) is 3.14. The molecule has 0 aliphatic heterocycles. The van der Waals surface area contributed by atoms with Crippen LogP contribution in [0.5, 0.6) is 0 Å². The third-order valence-electron chi connectivity index (χ3n) is 3.02. The predicted molar refractivity (Wildman–Crippen MR) is 66.0 cm³/mol. The average Bonchev–Trinajstić information content (AvgIpc) is 2.85. The maximum absolute atomic E-state index is 11.8. The SMILES string of the molecule is CC1CCC(CNS(=O)(=O)c2nnc(N)s2)C1. The van der Waals surface area contributed by atoms with Crippen molar-refractivity contribution in [3.8, 4) is 0 Å². The molecular formula is C9H16N4O2S2. The average molecular weight is 276 g/mol. The lowest BCUT2D eigenvalue weighted by atomic mass is 10.1. The van der Waals surface area contributed by atoms with E-state index in [1.165, 1.54) is 6.42 Å². The molecule has 2 atom stereocenters. The molecule has 8 heteroatoms. The number of hydrogen-bond acceptors (Lipinski definition) is 6. The Morgan fingerprint density at radius 2 is 2.24 bits per heavy atom. The largest absolute Gasteiger partial charge is 0.374 e. The lowest BCUT2D eigenvalue weighted by Crippen LogP contribution is -2.28. The van der Waals surface area contributed by atoms with Crippen molar-refractivity contribution >= 4 is 26.5 Å². The molecule has 0 saturated heterocycles. The van der Waals surface area contributed by atoms with E-state index in [-0.39, 0.29) is 9.47 Å². The van der Waals surface area contributed by atoms with Crippen molar-refractivity contribution in [2.45, 2.75) is 30.5 Å². The topological polar surface area (TPSA) is 98.0 Å². The van der Waals surface area contributed by atoms with Crippen LogP contribution in [0.2, 0.25) is 0 Å². The van der Waals surface area contributed by atoms with Crippen molar-refractivity contribution in [1.82, 2.24) is 14.9 Å². The molecule has 0 bridgehead atoms. The first-order valence-corrected chi connectivity index (χ1v) is 7.86. The van der Waals surface area contributed by atoms with Gasteiger partial charge in [0.15, 0.2) is 0 Å². The number of nitrogens with one attached hydrogen (secondary N) is 1. The zero-order valence-electron chi connectivity index (χ0n) is 9.59. The fourth-order valence-electron chi connectivity index (χ4n) is 2.13. The van der Waals surface area contributed by atoms with Gasteiger partial charge in [0.25, 0.3) is 10.0 Å². The molecule has 1 aromatic heterocycles. The van der Waals surface area contributed by atoms with E-state index in [9.17, 15) is 8.42 Å². The number of hydrogen-bond donors (Lipinski definition) is 2. The van der Waals surface area contributed by atoms with Crippen LogP contribution < -0.4 is 10.5 Å². The Morgan fingerprint density at radius 1 is 1.47 bits per heavy atom. The van der Waals surface area contributed by atoms with Crippen molar-refractivity contribution in [3.05, 3.63) is 0 Å². The van der Waals surface area contributed by atoms with Crippen molar-refractivity contribution < 1.29 is 8.42 Å². The molecule has 0 radical (unpaired) electrons. The fourth-order valence-corrected chi connectivity index (χ4v) is 4.07. The van der Waals surface area contributed by atoms with Crippen molar-refractivity contribution in [1.29, 1.82) is 0 Å². The van der Waals surface area contributed by atoms with Crippen molar-refractivity contribution in [3.63, 3.8) is 0 Å². The Bertz CT molecular complexity index is 485. The molecule has 0 aromatic carbocycles. The minimum Gasteiger partial charge on any atom is -0.374 e. The summed E-state index contributed by atoms with van der Waals surface area (Å²) in [4.78, 5) is 0. The van der Waals surface area contributed by atoms with Crippen LogP contribution in [0.15, 0.2) is 4.34 Å². The number of nitrogens with two attached hydrogens (primary N) is 1. The Morgan fingerprint density at radius 3 is 2.76 bits per heavy atom. The van der Waals surface area contributed by atoms with Gasteiger partial charge in [0, 0.05) is 6.54 Å². The summed E-state index contributed by atoms with van der Waals surface area (Å²) >= 11 is 0.883. The van der Waals surface area contributed by atoms with E-state index in [0.29, 0.717) is 18.4 Å². The Labute approximate surface area is 105 Å². The normalized spacial score (nSPS) is 25.2. The molecule has 17 heavy (non-hydrogen) atoms. The van der Waals surface area contributed by atoms with Gasteiger partial charge in [-0.3, -0.25) is 0 Å². The first-order valence-electron chi connectivity index (χ1n) is 5.56. The standard InChI is InChI=1S/C9H16N4O2S2/c1-6-2-3-7(4-6)5-11-17(14,15)9-13-12-8(10)16-9/h6-7,11H,2-5H2,1H3,(H2,10,12). The Hall–Kier alpha value is -0.730. The van der Waals surface area contributed by atoms with E-state index >= 15 is 0 Å². The second kappa shape index (κ2) is 4.87. The maximum Gasteiger partial charge on any atom is 0.269 e. The zero-order valence-corrected chi connectivity index (χ0v) is 11.2. The van der Waals surface area contributed by atoms with Gasteiger partial charge in [-0.25, -0.2) is 13.1 Å². The van der Waals surface area contributed by atoms with Gasteiger partial charge >= 0.3 is 0 Å². The molecule has 1 aromatic rings. The van der Waals surface area contributed by atoms with E-state index < -0.39 is 10.0 Å². The molecule has 3 N–H and O–H groups in total. The van der Waals surface area contributed by atoms with Gasteiger partial charge in [-0.1, -0.05) is 24.7 Å². The van der Waals surface area contributed by atoms with Crippen LogP contribution >= 0.6 is 11.3 Å². The molecular weight excluding hydrogens is 260 g/mol. The van der Waals surface area contributed by atoms with Gasteiger partial charge in [0.2, 0.25) is 9.47 Å². The summed E-state index contributed by atoms with van der Waals surface area (Å²) in [5.74, 6) is 1.13. The molecule has 0 amide bonds. The molecule has 1 heterocycles. The lowest BCUT2D eigenvalue weighted by molar-refractivity contribution is 0.498. The van der Waals surface area contributed by atoms with Crippen LogP contribution in [-0.4, -0.2) is 25.2 Å². The summed E-state index contributed by atoms with van der Waals surface area (Å²) < 4.78 is 26.2. The van der Waals surface area contributed by atoms with E-state index in [1.807, 2.05) is 0 Å². The third-order valence-corrected chi connectivity index (χ3v) is 5.56. The highest BCUT2D eigenvalue weighted by Gasteiger charge is 2.25. The first kappa shape index (κ1) is 12.7. The number of rotatable bonds is 4. The molecule has 6 nitrogen and oxygen atoms in total. The number of nitrogen functional groups attached to an aromatic ring is 1. The summed E-state index contributed by atoms with van der Waals surface area (Å²) in [5, 5.41) is 7.21. The Kier molecular flexibility index (Phi) is 3.64. The van der Waals surface area contributed by atoms with Crippen LogP contribution in [0.4, 0.5) is 5.13 Å². The second-order valence-corrected chi connectivity index (χ2v) is 7.49. The van der Waals surface area contributed by atoms with E-state index in [2.05, 4.69) is 21.8 Å². The molecule has 1 aliphatic carbocycles. The summed E-state index contributed by atoms with van der Waals surface area (Å²) in [6, 6.07) is 0. The summed E-state index contributed by atoms with van der Waals surface area (Å²) in [6.07, 6.45) is 3.35. The number of anilines is 1. The van der Waals surface area contributed by atoms with Crippen LogP contribution in [0.1, 0.15) is 26.2 Å². The van der Waals surface area contributed by atoms with Crippen LogP contribution in [0, 0.1) is 11.8 Å². The first-order chi connectivity index (χ1) is 7.97. The van der Waals surface area contributed by atoms with Crippen LogP contribution in [0.25, 0.3) is 0 Å². The molecule has 1 aliphatic rings. The van der Waals surface area contributed by atoms with Crippen molar-refractivity contribution in [2.24, 2.45) is 11.8 Å². The van der Waals surface area contributed by atoms with E-state index in [4.69, 9.17) is 5.73 Å². The molecule has 0 spiro atoms. The van der Waals surface area contributed by atoms with Gasteiger partial charge in [0.1, 0.15) is 0 Å². The highest BCUT2D eigenvalue weighted by atomic mass is 32.2. The number of nitrogens with zero attached hydrogens (tertiary/aromatic N) is 2. The summed E-state index contributed by atoms with van der Waals surface area (Å²) in [5.41, 5.74) is 5.36. The molecule has 1 fully saturated rings. The smallest absolute Gasteiger partial charge is 0.269 e. The van der Waals surface area contributed by atoms with Crippen molar-refractivity contribution in [2.75, 3.05) is 12.3 Å². The summed E-state index contributed by atoms with van der Waals surface area (Å²) in [6.45, 7) is 2.67. The van der Waals surface area contributed by atoms with Gasteiger partial charge in [-0.05, 0) is 24.7 Å². The monoisotopic (exact) mass is 276 g/mol. The Balaban J connectivity index is 1.94. The number of aromatic nitrogens is 2. The van der Waals surface area contributed by atoms with E-state index in [0.717, 1.165) is 24.2 Å². The zero-order chi connectivity index (χ0) is 12.5. The van der Waals surface area contributed by atoms with E-state index in [1.54, 1.807) is 0 Å².